The van der Waals surface area contributed by atoms with Crippen molar-refractivity contribution in [1.29, 1.82) is 0 Å². The number of hydrogen-bond donors (Lipinski definition) is 1. The minimum absolute atomic E-state index is 0.617. The molecule has 12 heavy (non-hydrogen) atoms. The zero-order valence-corrected chi connectivity index (χ0v) is 7.67. The molecule has 0 bridgehead atoms. The van der Waals surface area contributed by atoms with Crippen LogP contribution < -0.4 is 5.73 Å². The first-order valence-corrected chi connectivity index (χ1v) is 4.29. The molecule has 1 aromatic heterocycles. The van der Waals surface area contributed by atoms with E-state index in [0.29, 0.717) is 6.54 Å². The van der Waals surface area contributed by atoms with Crippen molar-refractivity contribution in [3.63, 3.8) is 0 Å². The van der Waals surface area contributed by atoms with Crippen molar-refractivity contribution in [2.45, 2.75) is 26.7 Å². The molecule has 0 saturated heterocycles. The van der Waals surface area contributed by atoms with Crippen LogP contribution in [0, 0.1) is 6.92 Å². The molecule has 0 saturated carbocycles. The molecule has 0 fully saturated rings. The molecule has 1 heterocycles. The van der Waals surface area contributed by atoms with E-state index in [-0.39, 0.29) is 0 Å². The highest BCUT2D eigenvalue weighted by Gasteiger charge is 2.00. The highest BCUT2D eigenvalue weighted by molar-refractivity contribution is 5.15. The van der Waals surface area contributed by atoms with Crippen molar-refractivity contribution in [3.8, 4) is 0 Å². The Labute approximate surface area is 73.0 Å². The lowest BCUT2D eigenvalue weighted by atomic mass is 10.2. The molecule has 2 N–H and O–H groups in total. The largest absolute Gasteiger partial charge is 0.330 e. The summed E-state index contributed by atoms with van der Waals surface area (Å²) in [7, 11) is 0. The fourth-order valence-corrected chi connectivity index (χ4v) is 1.13. The summed E-state index contributed by atoms with van der Waals surface area (Å²) in [6.07, 6.45) is 3.61. The quantitative estimate of drug-likeness (QED) is 0.722. The van der Waals surface area contributed by atoms with Gasteiger partial charge in [0.1, 0.15) is 5.82 Å². The summed E-state index contributed by atoms with van der Waals surface area (Å²) in [5.41, 5.74) is 7.71. The van der Waals surface area contributed by atoms with Crippen LogP contribution in [0.5, 0.6) is 0 Å². The molecule has 0 aliphatic heterocycles. The molecule has 0 radical (unpaired) electrons. The van der Waals surface area contributed by atoms with E-state index in [1.165, 1.54) is 5.56 Å². The Morgan fingerprint density at radius 3 is 2.83 bits per heavy atom. The molecule has 1 aromatic rings. The number of nitrogens with two attached hydrogens (primary N) is 1. The molecule has 0 aliphatic rings. The molecular formula is C9H15N3. The van der Waals surface area contributed by atoms with Crippen LogP contribution in [0.1, 0.15) is 24.0 Å². The van der Waals surface area contributed by atoms with Gasteiger partial charge in [-0.15, -0.1) is 0 Å². The van der Waals surface area contributed by atoms with Crippen LogP contribution in [0.4, 0.5) is 0 Å². The van der Waals surface area contributed by atoms with Gasteiger partial charge in [0, 0.05) is 18.3 Å². The van der Waals surface area contributed by atoms with Crippen LogP contribution in [-0.2, 0) is 12.8 Å². The summed E-state index contributed by atoms with van der Waals surface area (Å²) in [5.74, 6) is 0.861. The summed E-state index contributed by atoms with van der Waals surface area (Å²) < 4.78 is 0. The molecule has 0 aliphatic carbocycles. The van der Waals surface area contributed by atoms with Crippen molar-refractivity contribution in [2.24, 2.45) is 5.73 Å². The van der Waals surface area contributed by atoms with Gasteiger partial charge in [-0.1, -0.05) is 6.92 Å². The normalized spacial score (nSPS) is 10.2. The van der Waals surface area contributed by atoms with Crippen LogP contribution in [0.25, 0.3) is 0 Å². The van der Waals surface area contributed by atoms with Crippen molar-refractivity contribution in [2.75, 3.05) is 6.54 Å². The highest BCUT2D eigenvalue weighted by Crippen LogP contribution is 2.04. The van der Waals surface area contributed by atoms with E-state index in [1.807, 2.05) is 13.1 Å². The molecule has 1 rings (SSSR count). The first-order chi connectivity index (χ1) is 5.77. The van der Waals surface area contributed by atoms with E-state index in [0.717, 1.165) is 24.4 Å². The molecule has 3 heteroatoms. The van der Waals surface area contributed by atoms with E-state index < -0.39 is 0 Å². The van der Waals surface area contributed by atoms with Gasteiger partial charge in [-0.05, 0) is 25.5 Å². The predicted octanol–water partition coefficient (Wildman–Crippen LogP) is 0.849. The van der Waals surface area contributed by atoms with E-state index in [9.17, 15) is 0 Å². The van der Waals surface area contributed by atoms with Gasteiger partial charge in [-0.25, -0.2) is 9.97 Å². The van der Waals surface area contributed by atoms with Crippen LogP contribution in [-0.4, -0.2) is 16.5 Å². The van der Waals surface area contributed by atoms with E-state index in [4.69, 9.17) is 5.73 Å². The van der Waals surface area contributed by atoms with E-state index in [1.54, 1.807) is 0 Å². The van der Waals surface area contributed by atoms with Crippen molar-refractivity contribution in [1.82, 2.24) is 9.97 Å². The zero-order valence-electron chi connectivity index (χ0n) is 7.67. The third kappa shape index (κ3) is 2.01. The van der Waals surface area contributed by atoms with Gasteiger partial charge in [-0.2, -0.15) is 0 Å². The SMILES string of the molecule is CCc1nc(CCN)ncc1C. The third-order valence-corrected chi connectivity index (χ3v) is 1.83. The summed E-state index contributed by atoms with van der Waals surface area (Å²) >= 11 is 0. The Balaban J connectivity index is 2.89. The standard InChI is InChI=1S/C9H15N3/c1-3-8-7(2)6-11-9(12-8)4-5-10/h6H,3-5,10H2,1-2H3. The number of nitrogens with zero attached hydrogens (tertiary/aromatic N) is 2. The first kappa shape index (κ1) is 9.13. The van der Waals surface area contributed by atoms with Gasteiger partial charge in [0.05, 0.1) is 0 Å². The first-order valence-electron chi connectivity index (χ1n) is 4.29. The zero-order chi connectivity index (χ0) is 8.97. The maximum absolute atomic E-state index is 5.41. The number of aromatic nitrogens is 2. The van der Waals surface area contributed by atoms with E-state index in [2.05, 4.69) is 16.9 Å². The Bertz CT molecular complexity index is 258. The molecular weight excluding hydrogens is 150 g/mol. The topological polar surface area (TPSA) is 51.8 Å². The van der Waals surface area contributed by atoms with Gasteiger partial charge < -0.3 is 5.73 Å². The second-order valence-corrected chi connectivity index (χ2v) is 2.81. The van der Waals surface area contributed by atoms with Crippen LogP contribution in [0.2, 0.25) is 0 Å². The second kappa shape index (κ2) is 4.16. The Hall–Kier alpha value is -0.960. The van der Waals surface area contributed by atoms with Crippen molar-refractivity contribution < 1.29 is 0 Å². The minimum Gasteiger partial charge on any atom is -0.330 e. The summed E-state index contributed by atoms with van der Waals surface area (Å²) in [6, 6.07) is 0. The number of rotatable bonds is 3. The maximum Gasteiger partial charge on any atom is 0.129 e. The average Bonchev–Trinajstić information content (AvgIpc) is 2.09. The van der Waals surface area contributed by atoms with Gasteiger partial charge in [0.25, 0.3) is 0 Å². The molecule has 66 valence electrons. The lowest BCUT2D eigenvalue weighted by Crippen LogP contribution is -2.08. The Morgan fingerprint density at radius 2 is 2.25 bits per heavy atom. The number of aryl methyl sites for hydroxylation is 2. The van der Waals surface area contributed by atoms with Crippen molar-refractivity contribution in [3.05, 3.63) is 23.3 Å². The second-order valence-electron chi connectivity index (χ2n) is 2.81. The van der Waals surface area contributed by atoms with Gasteiger partial charge in [0.15, 0.2) is 0 Å². The van der Waals surface area contributed by atoms with Gasteiger partial charge in [-0.3, -0.25) is 0 Å². The molecule has 0 amide bonds. The Kier molecular flexibility index (Phi) is 3.17. The molecule has 0 aromatic carbocycles. The van der Waals surface area contributed by atoms with Crippen LogP contribution >= 0.6 is 0 Å². The third-order valence-electron chi connectivity index (χ3n) is 1.83. The molecule has 3 nitrogen and oxygen atoms in total. The maximum atomic E-state index is 5.41. The molecule has 0 unspecified atom stereocenters. The highest BCUT2D eigenvalue weighted by atomic mass is 14.9. The lowest BCUT2D eigenvalue weighted by Gasteiger charge is -2.03. The van der Waals surface area contributed by atoms with Gasteiger partial charge >= 0.3 is 0 Å². The Morgan fingerprint density at radius 1 is 1.50 bits per heavy atom. The van der Waals surface area contributed by atoms with Crippen LogP contribution in [0.3, 0.4) is 0 Å². The number of hydrogen-bond acceptors (Lipinski definition) is 3. The average molecular weight is 165 g/mol. The molecule has 0 spiro atoms. The fraction of sp³-hybridized carbons (Fsp3) is 0.556. The summed E-state index contributed by atoms with van der Waals surface area (Å²) in [6.45, 7) is 4.75. The monoisotopic (exact) mass is 165 g/mol. The van der Waals surface area contributed by atoms with Gasteiger partial charge in [0.2, 0.25) is 0 Å². The predicted molar refractivity (Wildman–Crippen MR) is 48.9 cm³/mol. The van der Waals surface area contributed by atoms with Crippen LogP contribution in [0.15, 0.2) is 6.20 Å². The molecule has 0 atom stereocenters. The summed E-state index contributed by atoms with van der Waals surface area (Å²) in [4.78, 5) is 8.57. The fourth-order valence-electron chi connectivity index (χ4n) is 1.13. The summed E-state index contributed by atoms with van der Waals surface area (Å²) in [5, 5.41) is 0. The smallest absolute Gasteiger partial charge is 0.129 e. The van der Waals surface area contributed by atoms with Crippen molar-refractivity contribution >= 4 is 0 Å². The lowest BCUT2D eigenvalue weighted by molar-refractivity contribution is 0.831. The minimum atomic E-state index is 0.617. The van der Waals surface area contributed by atoms with E-state index >= 15 is 0 Å².